The molecule has 0 aromatic carbocycles. The van der Waals surface area contributed by atoms with E-state index in [9.17, 15) is 0 Å². The van der Waals surface area contributed by atoms with E-state index in [-0.39, 0.29) is 0 Å². The average molecular weight is 302 g/mol. The Morgan fingerprint density at radius 2 is 2.33 bits per heavy atom. The molecule has 0 saturated heterocycles. The van der Waals surface area contributed by atoms with E-state index in [1.54, 1.807) is 23.7 Å². The smallest absolute Gasteiger partial charge is 0.243 e. The van der Waals surface area contributed by atoms with Crippen molar-refractivity contribution in [1.29, 1.82) is 0 Å². The number of hydrogen-bond acceptors (Lipinski definition) is 5. The predicted molar refractivity (Wildman–Crippen MR) is 83.9 cm³/mol. The summed E-state index contributed by atoms with van der Waals surface area (Å²) < 4.78 is 7.96. The highest BCUT2D eigenvalue weighted by atomic mass is 32.1. The zero-order valence-electron chi connectivity index (χ0n) is 12.1. The maximum absolute atomic E-state index is 5.88. The number of pyridine rings is 1. The van der Waals surface area contributed by atoms with Gasteiger partial charge in [0.2, 0.25) is 5.88 Å². The summed E-state index contributed by atoms with van der Waals surface area (Å²) in [6.07, 6.45) is 5.44. The fourth-order valence-electron chi connectivity index (χ4n) is 2.05. The lowest BCUT2D eigenvalue weighted by atomic mass is 10.2. The fraction of sp³-hybridized carbons (Fsp3) is 0.333. The Kier molecular flexibility index (Phi) is 4.17. The lowest BCUT2D eigenvalue weighted by molar-refractivity contribution is 0.450. The van der Waals surface area contributed by atoms with Gasteiger partial charge in [0.05, 0.1) is 6.20 Å². The molecular formula is C15H18N4OS. The number of nitrogens with zero attached hydrogens (tertiary/aromatic N) is 3. The number of nitrogens with one attached hydrogen (secondary N) is 1. The highest BCUT2D eigenvalue weighted by Gasteiger charge is 2.15. The zero-order chi connectivity index (χ0) is 14.7. The molecule has 0 aliphatic carbocycles. The molecule has 3 rings (SSSR count). The van der Waals surface area contributed by atoms with Crippen LogP contribution in [0.5, 0.6) is 11.6 Å². The molecule has 0 saturated carbocycles. The van der Waals surface area contributed by atoms with Gasteiger partial charge in [-0.05, 0) is 24.6 Å². The van der Waals surface area contributed by atoms with Crippen molar-refractivity contribution in [2.45, 2.75) is 20.4 Å². The summed E-state index contributed by atoms with van der Waals surface area (Å²) in [5.74, 6) is 1.96. The monoisotopic (exact) mass is 302 g/mol. The number of aromatic nitrogens is 3. The third-order valence-corrected chi connectivity index (χ3v) is 3.77. The Labute approximate surface area is 127 Å². The Balaban J connectivity index is 1.85. The summed E-state index contributed by atoms with van der Waals surface area (Å²) in [5, 5.41) is 5.47. The fourth-order valence-corrected chi connectivity index (χ4v) is 2.78. The zero-order valence-corrected chi connectivity index (χ0v) is 12.9. The normalized spacial score (nSPS) is 11.4. The van der Waals surface area contributed by atoms with E-state index < -0.39 is 0 Å². The molecule has 0 radical (unpaired) electrons. The van der Waals surface area contributed by atoms with E-state index >= 15 is 0 Å². The van der Waals surface area contributed by atoms with E-state index in [1.807, 2.05) is 23.7 Å². The van der Waals surface area contributed by atoms with Crippen LogP contribution in [0, 0.1) is 5.92 Å². The number of hydrogen-bond donors (Lipinski definition) is 1. The summed E-state index contributed by atoms with van der Waals surface area (Å²) in [6, 6.07) is 3.73. The molecule has 0 amide bonds. The van der Waals surface area contributed by atoms with Crippen LogP contribution in [0.15, 0.2) is 36.1 Å². The minimum Gasteiger partial charge on any atom is -0.436 e. The van der Waals surface area contributed by atoms with Gasteiger partial charge in [0, 0.05) is 24.3 Å². The van der Waals surface area contributed by atoms with Gasteiger partial charge in [-0.3, -0.25) is 9.38 Å². The number of fused-ring (bicyclic) bond motifs is 1. The summed E-state index contributed by atoms with van der Waals surface area (Å²) in [5.41, 5.74) is 1.04. The third kappa shape index (κ3) is 3.22. The predicted octanol–water partition coefficient (Wildman–Crippen LogP) is 3.33. The van der Waals surface area contributed by atoms with E-state index in [2.05, 4.69) is 33.5 Å². The second kappa shape index (κ2) is 6.24. The van der Waals surface area contributed by atoms with Crippen molar-refractivity contribution in [3.63, 3.8) is 0 Å². The molecule has 1 N–H and O–H groups in total. The van der Waals surface area contributed by atoms with Gasteiger partial charge < -0.3 is 10.1 Å². The molecule has 0 aliphatic rings. The molecule has 6 heteroatoms. The first-order valence-electron chi connectivity index (χ1n) is 6.97. The molecule has 3 heterocycles. The van der Waals surface area contributed by atoms with Crippen molar-refractivity contribution >= 4 is 16.3 Å². The van der Waals surface area contributed by atoms with Crippen LogP contribution >= 0.6 is 11.3 Å². The second-order valence-electron chi connectivity index (χ2n) is 5.23. The Hall–Kier alpha value is -1.92. The van der Waals surface area contributed by atoms with Crippen LogP contribution in [0.2, 0.25) is 0 Å². The first-order valence-corrected chi connectivity index (χ1v) is 7.85. The number of imidazole rings is 1. The van der Waals surface area contributed by atoms with Gasteiger partial charge in [-0.1, -0.05) is 13.8 Å². The molecule has 0 unspecified atom stereocenters. The molecule has 0 bridgehead atoms. The Bertz CT molecular complexity index is 705. The molecule has 0 atom stereocenters. The van der Waals surface area contributed by atoms with Gasteiger partial charge in [-0.15, -0.1) is 11.3 Å². The SMILES string of the molecule is CC(C)CNCc1c(Oc2cccnc2)nc2sccn12. The minimum atomic E-state index is 0.610. The largest absolute Gasteiger partial charge is 0.436 e. The second-order valence-corrected chi connectivity index (χ2v) is 6.11. The van der Waals surface area contributed by atoms with Crippen LogP contribution in [0.4, 0.5) is 0 Å². The molecule has 110 valence electrons. The summed E-state index contributed by atoms with van der Waals surface area (Å²) in [6.45, 7) is 6.07. The molecule has 3 aromatic heterocycles. The van der Waals surface area contributed by atoms with Crippen LogP contribution in [-0.4, -0.2) is 20.9 Å². The standard InChI is InChI=1S/C15H18N4OS/c1-11(2)8-17-10-13-14(18-15-19(13)6-7-21-15)20-12-4-3-5-16-9-12/h3-7,9,11,17H,8,10H2,1-2H3. The van der Waals surface area contributed by atoms with Gasteiger partial charge in [0.25, 0.3) is 0 Å². The summed E-state index contributed by atoms with van der Waals surface area (Å²) in [7, 11) is 0. The van der Waals surface area contributed by atoms with E-state index in [1.165, 1.54) is 0 Å². The minimum absolute atomic E-state index is 0.610. The van der Waals surface area contributed by atoms with Crippen LogP contribution in [-0.2, 0) is 6.54 Å². The maximum atomic E-state index is 5.88. The van der Waals surface area contributed by atoms with Crippen molar-refractivity contribution in [3.8, 4) is 11.6 Å². The van der Waals surface area contributed by atoms with Crippen molar-refractivity contribution in [1.82, 2.24) is 19.7 Å². The molecule has 0 fully saturated rings. The molecule has 0 aliphatic heterocycles. The molecular weight excluding hydrogens is 284 g/mol. The molecule has 0 spiro atoms. The van der Waals surface area contributed by atoms with Gasteiger partial charge in [-0.2, -0.15) is 4.98 Å². The van der Waals surface area contributed by atoms with Crippen LogP contribution in [0.25, 0.3) is 4.96 Å². The van der Waals surface area contributed by atoms with Gasteiger partial charge in [-0.25, -0.2) is 0 Å². The lowest BCUT2D eigenvalue weighted by Gasteiger charge is -2.09. The lowest BCUT2D eigenvalue weighted by Crippen LogP contribution is -2.20. The number of ether oxygens (including phenoxy) is 1. The quantitative estimate of drug-likeness (QED) is 0.759. The Morgan fingerprint density at radius 1 is 1.43 bits per heavy atom. The first kappa shape index (κ1) is 14.0. The topological polar surface area (TPSA) is 51.5 Å². The molecule has 3 aromatic rings. The van der Waals surface area contributed by atoms with Gasteiger partial charge >= 0.3 is 0 Å². The first-order chi connectivity index (χ1) is 10.2. The highest BCUT2D eigenvalue weighted by molar-refractivity contribution is 7.15. The van der Waals surface area contributed by atoms with Gasteiger partial charge in [0.1, 0.15) is 11.4 Å². The van der Waals surface area contributed by atoms with Gasteiger partial charge in [0.15, 0.2) is 4.96 Å². The molecule has 21 heavy (non-hydrogen) atoms. The summed E-state index contributed by atoms with van der Waals surface area (Å²) in [4.78, 5) is 9.56. The number of thiazole rings is 1. The van der Waals surface area contributed by atoms with Crippen molar-refractivity contribution in [2.75, 3.05) is 6.54 Å². The van der Waals surface area contributed by atoms with Crippen molar-refractivity contribution in [3.05, 3.63) is 41.8 Å². The van der Waals surface area contributed by atoms with Crippen molar-refractivity contribution < 1.29 is 4.74 Å². The van der Waals surface area contributed by atoms with Crippen LogP contribution in [0.3, 0.4) is 0 Å². The summed E-state index contributed by atoms with van der Waals surface area (Å²) >= 11 is 1.60. The van der Waals surface area contributed by atoms with Crippen LogP contribution < -0.4 is 10.1 Å². The average Bonchev–Trinajstić information content (AvgIpc) is 3.02. The highest BCUT2D eigenvalue weighted by Crippen LogP contribution is 2.27. The van der Waals surface area contributed by atoms with E-state index in [0.29, 0.717) is 17.5 Å². The van der Waals surface area contributed by atoms with Crippen LogP contribution in [0.1, 0.15) is 19.5 Å². The van der Waals surface area contributed by atoms with E-state index in [0.717, 1.165) is 23.7 Å². The van der Waals surface area contributed by atoms with Crippen molar-refractivity contribution in [2.24, 2.45) is 5.92 Å². The van der Waals surface area contributed by atoms with E-state index in [4.69, 9.17) is 4.74 Å². The molecule has 5 nitrogen and oxygen atoms in total. The Morgan fingerprint density at radius 3 is 3.10 bits per heavy atom. The third-order valence-electron chi connectivity index (χ3n) is 3.02. The number of rotatable bonds is 6. The maximum Gasteiger partial charge on any atom is 0.243 e.